The molecular weight excluding hydrogens is 216 g/mol. The number of hydrogen-bond acceptors (Lipinski definition) is 5. The summed E-state index contributed by atoms with van der Waals surface area (Å²) in [7, 11) is 0. The van der Waals surface area contributed by atoms with Crippen LogP contribution in [0, 0.1) is 11.3 Å². The minimum atomic E-state index is 0.170. The van der Waals surface area contributed by atoms with Gasteiger partial charge >= 0.3 is 0 Å². The monoisotopic (exact) mass is 220 g/mol. The van der Waals surface area contributed by atoms with E-state index in [1.54, 1.807) is 12.1 Å². The SMILES string of the molecule is N#Cc1ccc(-c2nnc(CCl)o2)nc1. The molecule has 2 rings (SSSR count). The van der Waals surface area contributed by atoms with E-state index in [9.17, 15) is 0 Å². The Kier molecular flexibility index (Phi) is 2.61. The molecule has 0 aromatic carbocycles. The molecule has 0 atom stereocenters. The molecule has 2 aromatic heterocycles. The summed E-state index contributed by atoms with van der Waals surface area (Å²) in [4.78, 5) is 4.01. The highest BCUT2D eigenvalue weighted by Crippen LogP contribution is 2.15. The van der Waals surface area contributed by atoms with Crippen molar-refractivity contribution < 1.29 is 4.42 Å². The lowest BCUT2D eigenvalue weighted by Crippen LogP contribution is -1.84. The third-order valence-corrected chi connectivity index (χ3v) is 1.92. The fourth-order valence-corrected chi connectivity index (χ4v) is 1.11. The number of rotatable bonds is 2. The molecule has 0 fully saturated rings. The van der Waals surface area contributed by atoms with Crippen LogP contribution in [0.3, 0.4) is 0 Å². The number of nitriles is 1. The highest BCUT2D eigenvalue weighted by atomic mass is 35.5. The van der Waals surface area contributed by atoms with Gasteiger partial charge in [0.15, 0.2) is 0 Å². The molecule has 0 amide bonds. The molecule has 5 nitrogen and oxygen atoms in total. The second-order valence-electron chi connectivity index (χ2n) is 2.68. The average molecular weight is 221 g/mol. The molecule has 74 valence electrons. The Bertz CT molecular complexity index is 500. The summed E-state index contributed by atoms with van der Waals surface area (Å²) >= 11 is 5.52. The standard InChI is InChI=1S/C9H5ClN4O/c10-3-8-13-14-9(15-8)7-2-1-6(4-11)5-12-7/h1-2,5H,3H2. The van der Waals surface area contributed by atoms with Crippen LogP contribution in [-0.2, 0) is 5.88 Å². The molecule has 0 bridgehead atoms. The van der Waals surface area contributed by atoms with Gasteiger partial charge in [-0.05, 0) is 12.1 Å². The Morgan fingerprint density at radius 3 is 2.80 bits per heavy atom. The second kappa shape index (κ2) is 4.07. The molecule has 15 heavy (non-hydrogen) atoms. The molecule has 6 heteroatoms. The molecule has 0 radical (unpaired) electrons. The third-order valence-electron chi connectivity index (χ3n) is 1.69. The lowest BCUT2D eigenvalue weighted by atomic mass is 10.3. The molecule has 0 saturated carbocycles. The van der Waals surface area contributed by atoms with Gasteiger partial charge in [-0.1, -0.05) is 0 Å². The van der Waals surface area contributed by atoms with Gasteiger partial charge in [0.25, 0.3) is 5.89 Å². The van der Waals surface area contributed by atoms with Gasteiger partial charge in [-0.2, -0.15) is 5.26 Å². The number of hydrogen-bond donors (Lipinski definition) is 0. The van der Waals surface area contributed by atoms with E-state index >= 15 is 0 Å². The van der Waals surface area contributed by atoms with Gasteiger partial charge in [0.05, 0.1) is 5.56 Å². The maximum Gasteiger partial charge on any atom is 0.266 e. The lowest BCUT2D eigenvalue weighted by molar-refractivity contribution is 0.525. The first-order chi connectivity index (χ1) is 7.33. The van der Waals surface area contributed by atoms with Crippen LogP contribution in [0.5, 0.6) is 0 Å². The second-order valence-corrected chi connectivity index (χ2v) is 2.95. The Hall–Kier alpha value is -1.93. The summed E-state index contributed by atoms with van der Waals surface area (Å²) in [5, 5.41) is 16.0. The summed E-state index contributed by atoms with van der Waals surface area (Å²) in [5.41, 5.74) is 1.01. The van der Waals surface area contributed by atoms with E-state index in [0.29, 0.717) is 23.0 Å². The Labute approximate surface area is 90.3 Å². The molecular formula is C9H5ClN4O. The van der Waals surface area contributed by atoms with Gasteiger partial charge < -0.3 is 4.42 Å². The Morgan fingerprint density at radius 2 is 2.27 bits per heavy atom. The van der Waals surface area contributed by atoms with Gasteiger partial charge in [0.2, 0.25) is 5.89 Å². The van der Waals surface area contributed by atoms with Crippen LogP contribution >= 0.6 is 11.6 Å². The van der Waals surface area contributed by atoms with Gasteiger partial charge in [-0.3, -0.25) is 0 Å². The normalized spacial score (nSPS) is 9.87. The number of pyridine rings is 1. The van der Waals surface area contributed by atoms with Gasteiger partial charge in [-0.25, -0.2) is 4.98 Å². The lowest BCUT2D eigenvalue weighted by Gasteiger charge is -1.92. The van der Waals surface area contributed by atoms with E-state index in [0.717, 1.165) is 0 Å². The zero-order valence-electron chi connectivity index (χ0n) is 7.51. The number of halogens is 1. The van der Waals surface area contributed by atoms with E-state index in [-0.39, 0.29) is 5.88 Å². The number of aromatic nitrogens is 3. The van der Waals surface area contributed by atoms with Crippen LogP contribution < -0.4 is 0 Å². The maximum absolute atomic E-state index is 8.58. The van der Waals surface area contributed by atoms with Crippen molar-refractivity contribution in [3.8, 4) is 17.7 Å². The highest BCUT2D eigenvalue weighted by Gasteiger charge is 2.08. The van der Waals surface area contributed by atoms with E-state index in [2.05, 4.69) is 15.2 Å². The summed E-state index contributed by atoms with van der Waals surface area (Å²) in [6.45, 7) is 0. The van der Waals surface area contributed by atoms with E-state index in [1.807, 2.05) is 6.07 Å². The van der Waals surface area contributed by atoms with Crippen LogP contribution in [0.15, 0.2) is 22.7 Å². The van der Waals surface area contributed by atoms with E-state index in [1.165, 1.54) is 6.20 Å². The molecule has 0 N–H and O–H groups in total. The highest BCUT2D eigenvalue weighted by molar-refractivity contribution is 6.16. The summed E-state index contributed by atoms with van der Waals surface area (Å²) in [5.74, 6) is 0.816. The Morgan fingerprint density at radius 1 is 1.40 bits per heavy atom. The number of nitrogens with zero attached hydrogens (tertiary/aromatic N) is 4. The molecule has 0 spiro atoms. The maximum atomic E-state index is 8.58. The minimum absolute atomic E-state index is 0.170. The van der Waals surface area contributed by atoms with Crippen molar-refractivity contribution in [2.24, 2.45) is 0 Å². The van der Waals surface area contributed by atoms with Crippen molar-refractivity contribution in [1.82, 2.24) is 15.2 Å². The van der Waals surface area contributed by atoms with Crippen LogP contribution in [-0.4, -0.2) is 15.2 Å². The van der Waals surface area contributed by atoms with Gasteiger partial charge in [-0.15, -0.1) is 21.8 Å². The third kappa shape index (κ3) is 1.95. The summed E-state index contributed by atoms with van der Waals surface area (Å²) < 4.78 is 5.19. The zero-order valence-corrected chi connectivity index (χ0v) is 8.27. The average Bonchev–Trinajstić information content (AvgIpc) is 2.78. The summed E-state index contributed by atoms with van der Waals surface area (Å²) in [6, 6.07) is 5.25. The molecule has 0 unspecified atom stereocenters. The van der Waals surface area contributed by atoms with Crippen molar-refractivity contribution in [3.63, 3.8) is 0 Å². The van der Waals surface area contributed by atoms with Crippen molar-refractivity contribution in [2.45, 2.75) is 5.88 Å². The first-order valence-corrected chi connectivity index (χ1v) is 4.62. The van der Waals surface area contributed by atoms with Gasteiger partial charge in [0.1, 0.15) is 17.6 Å². The van der Waals surface area contributed by atoms with Crippen LogP contribution in [0.2, 0.25) is 0 Å². The zero-order chi connectivity index (χ0) is 10.7. The smallest absolute Gasteiger partial charge is 0.266 e. The molecule has 0 aliphatic heterocycles. The molecule has 2 aromatic rings. The number of alkyl halides is 1. The van der Waals surface area contributed by atoms with E-state index < -0.39 is 0 Å². The van der Waals surface area contributed by atoms with Crippen molar-refractivity contribution in [2.75, 3.05) is 0 Å². The largest absolute Gasteiger partial charge is 0.418 e. The predicted molar refractivity (Wildman–Crippen MR) is 51.8 cm³/mol. The molecule has 0 aliphatic rings. The van der Waals surface area contributed by atoms with Crippen LogP contribution in [0.1, 0.15) is 11.5 Å². The molecule has 2 heterocycles. The van der Waals surface area contributed by atoms with Crippen molar-refractivity contribution in [3.05, 3.63) is 29.8 Å². The molecule has 0 aliphatic carbocycles. The first kappa shape index (κ1) is 9.62. The summed E-state index contributed by atoms with van der Waals surface area (Å²) in [6.07, 6.45) is 1.44. The topological polar surface area (TPSA) is 75.6 Å². The Balaban J connectivity index is 2.33. The molecule has 0 saturated heterocycles. The van der Waals surface area contributed by atoms with E-state index in [4.69, 9.17) is 21.3 Å². The van der Waals surface area contributed by atoms with Crippen LogP contribution in [0.4, 0.5) is 0 Å². The van der Waals surface area contributed by atoms with Crippen molar-refractivity contribution in [1.29, 1.82) is 5.26 Å². The van der Waals surface area contributed by atoms with Gasteiger partial charge in [0, 0.05) is 6.20 Å². The fraction of sp³-hybridized carbons (Fsp3) is 0.111. The quantitative estimate of drug-likeness (QED) is 0.721. The van der Waals surface area contributed by atoms with Crippen LogP contribution in [0.25, 0.3) is 11.6 Å². The minimum Gasteiger partial charge on any atom is -0.418 e. The van der Waals surface area contributed by atoms with Crippen molar-refractivity contribution >= 4 is 11.6 Å². The predicted octanol–water partition coefficient (Wildman–Crippen LogP) is 1.74. The fourth-order valence-electron chi connectivity index (χ4n) is 0.998. The first-order valence-electron chi connectivity index (χ1n) is 4.08.